The van der Waals surface area contributed by atoms with Crippen LogP contribution in [0.25, 0.3) is 0 Å². The minimum Gasteiger partial charge on any atom is -0.490 e. The lowest BCUT2D eigenvalue weighted by Crippen LogP contribution is -2.28. The Morgan fingerprint density at radius 1 is 0.963 bits per heavy atom. The Balaban J connectivity index is 1.74. The number of ether oxygens (including phenoxy) is 3. The number of para-hydroxylation sites is 1. The molecule has 0 radical (unpaired) electrons. The third kappa shape index (κ3) is 7.02. The van der Waals surface area contributed by atoms with Gasteiger partial charge in [-0.25, -0.2) is 0 Å². The van der Waals surface area contributed by atoms with Gasteiger partial charge in [0.25, 0.3) is 0 Å². The van der Waals surface area contributed by atoms with Gasteiger partial charge in [0.1, 0.15) is 12.4 Å². The van der Waals surface area contributed by atoms with E-state index in [1.54, 1.807) is 12.1 Å². The molecule has 0 unspecified atom stereocenters. The second kappa shape index (κ2) is 11.3. The molecule has 0 saturated heterocycles. The number of halogens is 1. The maximum atomic E-state index is 12.0. The third-order valence-electron chi connectivity index (χ3n) is 3.77. The van der Waals surface area contributed by atoms with Crippen molar-refractivity contribution < 1.29 is 19.0 Å². The fourth-order valence-corrected chi connectivity index (χ4v) is 2.70. The monoisotopic (exact) mass is 391 g/mol. The summed E-state index contributed by atoms with van der Waals surface area (Å²) in [5.41, 5.74) is 1.03. The number of amides is 1. The van der Waals surface area contributed by atoms with E-state index in [-0.39, 0.29) is 5.91 Å². The summed E-state index contributed by atoms with van der Waals surface area (Å²) < 4.78 is 16.7. The van der Waals surface area contributed by atoms with Crippen molar-refractivity contribution in [3.8, 4) is 17.2 Å². The van der Waals surface area contributed by atoms with Crippen molar-refractivity contribution in [2.24, 2.45) is 0 Å². The van der Waals surface area contributed by atoms with Crippen LogP contribution in [0.1, 0.15) is 25.8 Å². The van der Waals surface area contributed by atoms with Crippen LogP contribution in [-0.2, 0) is 11.2 Å². The highest BCUT2D eigenvalue weighted by Crippen LogP contribution is 2.29. The molecule has 146 valence electrons. The van der Waals surface area contributed by atoms with E-state index in [0.717, 1.165) is 11.3 Å². The van der Waals surface area contributed by atoms with Gasteiger partial charge in [0.05, 0.1) is 24.8 Å². The van der Waals surface area contributed by atoms with Gasteiger partial charge in [-0.2, -0.15) is 0 Å². The molecule has 0 saturated carbocycles. The van der Waals surface area contributed by atoms with Gasteiger partial charge in [-0.15, -0.1) is 0 Å². The summed E-state index contributed by atoms with van der Waals surface area (Å²) in [6.07, 6.45) is 1.02. The molecule has 0 aliphatic carbocycles. The highest BCUT2D eigenvalue weighted by Gasteiger charge is 2.08. The molecule has 27 heavy (non-hydrogen) atoms. The summed E-state index contributed by atoms with van der Waals surface area (Å²) in [4.78, 5) is 12.0. The van der Waals surface area contributed by atoms with Crippen LogP contribution >= 0.6 is 11.6 Å². The third-order valence-corrected chi connectivity index (χ3v) is 4.08. The smallest absolute Gasteiger partial charge is 0.220 e. The lowest BCUT2D eigenvalue weighted by atomic mass is 10.1. The maximum absolute atomic E-state index is 12.0. The quantitative estimate of drug-likeness (QED) is 0.581. The van der Waals surface area contributed by atoms with Crippen molar-refractivity contribution in [1.29, 1.82) is 0 Å². The Kier molecular flexibility index (Phi) is 8.78. The molecule has 0 spiro atoms. The van der Waals surface area contributed by atoms with Gasteiger partial charge in [0.15, 0.2) is 11.5 Å². The second-order valence-corrected chi connectivity index (χ2v) is 6.18. The molecule has 0 bridgehead atoms. The molecule has 0 aliphatic heterocycles. The number of hydrogen-bond donors (Lipinski definition) is 1. The molecule has 0 fully saturated rings. The number of carbonyl (C=O) groups excluding carboxylic acids is 1. The van der Waals surface area contributed by atoms with Crippen molar-refractivity contribution >= 4 is 17.5 Å². The average molecular weight is 392 g/mol. The van der Waals surface area contributed by atoms with Gasteiger partial charge in [-0.3, -0.25) is 4.79 Å². The predicted octanol–water partition coefficient (Wildman–Crippen LogP) is 4.27. The SMILES string of the molecule is CCOc1ccc(CCC(=O)NCCOc2ccccc2Cl)cc1OCC. The zero-order valence-electron chi connectivity index (χ0n) is 15.8. The summed E-state index contributed by atoms with van der Waals surface area (Å²) in [6, 6.07) is 13.0. The number of hydrogen-bond acceptors (Lipinski definition) is 4. The normalized spacial score (nSPS) is 10.3. The molecule has 2 rings (SSSR count). The summed E-state index contributed by atoms with van der Waals surface area (Å²) in [5, 5.41) is 3.41. The Morgan fingerprint density at radius 3 is 2.44 bits per heavy atom. The standard InChI is InChI=1S/C21H26ClNO4/c1-3-25-19-11-9-16(15-20(19)26-4-2)10-12-21(24)23-13-14-27-18-8-6-5-7-17(18)22/h5-9,11,15H,3-4,10,12-14H2,1-2H3,(H,23,24). The molecule has 2 aromatic carbocycles. The van der Waals surface area contributed by atoms with Crippen LogP contribution in [0.3, 0.4) is 0 Å². The van der Waals surface area contributed by atoms with E-state index in [1.807, 2.05) is 44.2 Å². The van der Waals surface area contributed by atoms with Gasteiger partial charge in [0, 0.05) is 6.42 Å². The Labute approximate surface area is 165 Å². The number of nitrogens with one attached hydrogen (secondary N) is 1. The van der Waals surface area contributed by atoms with Gasteiger partial charge >= 0.3 is 0 Å². The Bertz CT molecular complexity index is 736. The van der Waals surface area contributed by atoms with Crippen LogP contribution in [0.15, 0.2) is 42.5 Å². The largest absolute Gasteiger partial charge is 0.490 e. The van der Waals surface area contributed by atoms with Crippen molar-refractivity contribution in [3.05, 3.63) is 53.1 Å². The van der Waals surface area contributed by atoms with E-state index in [0.29, 0.717) is 55.7 Å². The number of rotatable bonds is 11. The average Bonchev–Trinajstić information content (AvgIpc) is 2.67. The number of carbonyl (C=O) groups is 1. The van der Waals surface area contributed by atoms with E-state index < -0.39 is 0 Å². The van der Waals surface area contributed by atoms with Crippen molar-refractivity contribution in [3.63, 3.8) is 0 Å². The van der Waals surface area contributed by atoms with E-state index in [1.165, 1.54) is 0 Å². The maximum Gasteiger partial charge on any atom is 0.220 e. The van der Waals surface area contributed by atoms with Crippen LogP contribution in [0.4, 0.5) is 0 Å². The molecular formula is C21H26ClNO4. The minimum atomic E-state index is -0.0235. The fraction of sp³-hybridized carbons (Fsp3) is 0.381. The van der Waals surface area contributed by atoms with Crippen molar-refractivity contribution in [2.75, 3.05) is 26.4 Å². The van der Waals surface area contributed by atoms with Crippen LogP contribution in [0.5, 0.6) is 17.2 Å². The first-order valence-electron chi connectivity index (χ1n) is 9.16. The van der Waals surface area contributed by atoms with Crippen LogP contribution in [0, 0.1) is 0 Å². The molecular weight excluding hydrogens is 366 g/mol. The molecule has 0 aromatic heterocycles. The highest BCUT2D eigenvalue weighted by atomic mass is 35.5. The predicted molar refractivity (Wildman–Crippen MR) is 107 cm³/mol. The number of benzene rings is 2. The zero-order chi connectivity index (χ0) is 19.5. The molecule has 5 nitrogen and oxygen atoms in total. The summed E-state index contributed by atoms with van der Waals surface area (Å²) in [6.45, 7) is 5.81. The highest BCUT2D eigenvalue weighted by molar-refractivity contribution is 6.32. The van der Waals surface area contributed by atoms with Crippen LogP contribution in [0.2, 0.25) is 5.02 Å². The zero-order valence-corrected chi connectivity index (χ0v) is 16.6. The van der Waals surface area contributed by atoms with Crippen molar-refractivity contribution in [1.82, 2.24) is 5.32 Å². The van der Waals surface area contributed by atoms with E-state index >= 15 is 0 Å². The van der Waals surface area contributed by atoms with Crippen LogP contribution < -0.4 is 19.5 Å². The molecule has 0 aliphatic rings. The minimum absolute atomic E-state index is 0.0235. The van der Waals surface area contributed by atoms with Crippen LogP contribution in [-0.4, -0.2) is 32.3 Å². The summed E-state index contributed by atoms with van der Waals surface area (Å²) in [7, 11) is 0. The van der Waals surface area contributed by atoms with E-state index in [9.17, 15) is 4.79 Å². The molecule has 1 N–H and O–H groups in total. The first kappa shape index (κ1) is 20.9. The molecule has 2 aromatic rings. The van der Waals surface area contributed by atoms with E-state index in [2.05, 4.69) is 5.32 Å². The summed E-state index contributed by atoms with van der Waals surface area (Å²) >= 11 is 6.02. The molecule has 0 atom stereocenters. The Morgan fingerprint density at radius 2 is 1.70 bits per heavy atom. The molecule has 0 heterocycles. The molecule has 1 amide bonds. The lowest BCUT2D eigenvalue weighted by Gasteiger charge is -2.12. The topological polar surface area (TPSA) is 56.8 Å². The fourth-order valence-electron chi connectivity index (χ4n) is 2.51. The van der Waals surface area contributed by atoms with E-state index in [4.69, 9.17) is 25.8 Å². The Hall–Kier alpha value is -2.40. The van der Waals surface area contributed by atoms with Gasteiger partial charge < -0.3 is 19.5 Å². The first-order chi connectivity index (χ1) is 13.1. The van der Waals surface area contributed by atoms with Crippen molar-refractivity contribution in [2.45, 2.75) is 26.7 Å². The summed E-state index contributed by atoms with van der Waals surface area (Å²) in [5.74, 6) is 2.03. The number of aryl methyl sites for hydroxylation is 1. The van der Waals surface area contributed by atoms with Gasteiger partial charge in [-0.1, -0.05) is 29.8 Å². The lowest BCUT2D eigenvalue weighted by molar-refractivity contribution is -0.121. The van der Waals surface area contributed by atoms with Gasteiger partial charge in [0.2, 0.25) is 5.91 Å². The van der Waals surface area contributed by atoms with Gasteiger partial charge in [-0.05, 0) is 50.1 Å². The second-order valence-electron chi connectivity index (χ2n) is 5.78. The molecule has 6 heteroatoms. The first-order valence-corrected chi connectivity index (χ1v) is 9.54.